The molecule has 3 heterocycles. The Balaban J connectivity index is 1.96. The molecule has 2 N–H and O–H groups in total. The second kappa shape index (κ2) is 4.63. The molecular formula is C14H11BrN4O2. The topological polar surface area (TPSA) is 75.2 Å². The molecule has 0 saturated heterocycles. The van der Waals surface area contributed by atoms with Crippen LogP contribution in [0.1, 0.15) is 0 Å². The molecule has 0 aliphatic carbocycles. The highest BCUT2D eigenvalue weighted by Gasteiger charge is 2.16. The average Bonchev–Trinajstić information content (AvgIpc) is 2.84. The van der Waals surface area contributed by atoms with Gasteiger partial charge in [0.1, 0.15) is 13.2 Å². The van der Waals surface area contributed by atoms with Crippen LogP contribution in [-0.4, -0.2) is 28.0 Å². The number of nitrogens with two attached hydrogens (primary N) is 1. The van der Waals surface area contributed by atoms with Gasteiger partial charge in [0, 0.05) is 17.8 Å². The summed E-state index contributed by atoms with van der Waals surface area (Å²) in [6.07, 6.45) is 3.52. The van der Waals surface area contributed by atoms with Crippen LogP contribution < -0.4 is 15.2 Å². The lowest BCUT2D eigenvalue weighted by atomic mass is 10.1. The molecule has 7 heteroatoms. The van der Waals surface area contributed by atoms with Gasteiger partial charge in [-0.05, 0) is 39.5 Å². The van der Waals surface area contributed by atoms with Gasteiger partial charge < -0.3 is 15.2 Å². The average molecular weight is 347 g/mol. The van der Waals surface area contributed by atoms with Gasteiger partial charge in [-0.3, -0.25) is 0 Å². The van der Waals surface area contributed by atoms with Gasteiger partial charge in [-0.15, -0.1) is 5.10 Å². The van der Waals surface area contributed by atoms with Crippen LogP contribution in [0.5, 0.6) is 11.5 Å². The normalized spacial score (nSPS) is 13.6. The number of rotatable bonds is 1. The fourth-order valence-corrected chi connectivity index (χ4v) is 2.62. The summed E-state index contributed by atoms with van der Waals surface area (Å²) >= 11 is 3.36. The molecule has 2 aromatic heterocycles. The Kier molecular flexibility index (Phi) is 2.75. The molecule has 0 radical (unpaired) electrons. The van der Waals surface area contributed by atoms with E-state index in [0.717, 1.165) is 26.7 Å². The van der Waals surface area contributed by atoms with E-state index in [9.17, 15) is 0 Å². The summed E-state index contributed by atoms with van der Waals surface area (Å²) in [7, 11) is 0. The van der Waals surface area contributed by atoms with E-state index in [-0.39, 0.29) is 0 Å². The van der Waals surface area contributed by atoms with Gasteiger partial charge in [-0.25, -0.2) is 9.67 Å². The lowest BCUT2D eigenvalue weighted by Gasteiger charge is -2.19. The molecule has 0 spiro atoms. The lowest BCUT2D eigenvalue weighted by Crippen LogP contribution is -2.15. The predicted octanol–water partition coefficient (Wildman–Crippen LogP) is 2.54. The fraction of sp³-hybridized carbons (Fsp3) is 0.143. The number of pyridine rings is 1. The number of fused-ring (bicyclic) bond motifs is 2. The van der Waals surface area contributed by atoms with Gasteiger partial charge in [-0.1, -0.05) is 0 Å². The van der Waals surface area contributed by atoms with Crippen LogP contribution in [0.4, 0.5) is 5.82 Å². The quantitative estimate of drug-likeness (QED) is 0.732. The summed E-state index contributed by atoms with van der Waals surface area (Å²) in [6.45, 7) is 1.12. The van der Waals surface area contributed by atoms with Crippen molar-refractivity contribution < 1.29 is 9.47 Å². The van der Waals surface area contributed by atoms with Gasteiger partial charge >= 0.3 is 0 Å². The number of anilines is 1. The summed E-state index contributed by atoms with van der Waals surface area (Å²) < 4.78 is 13.6. The van der Waals surface area contributed by atoms with E-state index in [0.29, 0.717) is 24.8 Å². The standard InChI is InChI=1S/C14H11BrN4O2/c15-10-7-19(18-13(10)16)14-9-6-12-11(20-3-4-21-12)5-8(9)1-2-17-14/h1-2,5-7H,3-4H2,(H2,16,18). The van der Waals surface area contributed by atoms with Crippen LogP contribution in [0, 0.1) is 0 Å². The Morgan fingerprint density at radius 1 is 1.19 bits per heavy atom. The number of nitrogens with zero attached hydrogens (tertiary/aromatic N) is 3. The second-order valence-corrected chi connectivity index (χ2v) is 5.51. The van der Waals surface area contributed by atoms with Gasteiger partial charge in [0.2, 0.25) is 0 Å². The number of hydrogen-bond acceptors (Lipinski definition) is 5. The molecule has 21 heavy (non-hydrogen) atoms. The minimum Gasteiger partial charge on any atom is -0.486 e. The summed E-state index contributed by atoms with van der Waals surface area (Å²) in [6, 6.07) is 5.81. The van der Waals surface area contributed by atoms with Crippen molar-refractivity contribution in [3.63, 3.8) is 0 Å². The third kappa shape index (κ3) is 2.01. The van der Waals surface area contributed by atoms with Crippen molar-refractivity contribution in [2.24, 2.45) is 0 Å². The van der Waals surface area contributed by atoms with E-state index < -0.39 is 0 Å². The first-order chi connectivity index (χ1) is 10.2. The first kappa shape index (κ1) is 12.5. The number of benzene rings is 1. The van der Waals surface area contributed by atoms with Crippen LogP contribution in [0.3, 0.4) is 0 Å². The number of halogens is 1. The van der Waals surface area contributed by atoms with Gasteiger partial charge in [0.15, 0.2) is 23.1 Å². The van der Waals surface area contributed by atoms with Crippen molar-refractivity contribution in [2.45, 2.75) is 0 Å². The second-order valence-electron chi connectivity index (χ2n) is 4.66. The van der Waals surface area contributed by atoms with Crippen molar-refractivity contribution in [1.29, 1.82) is 0 Å². The Labute approximate surface area is 128 Å². The third-order valence-electron chi connectivity index (χ3n) is 3.32. The molecule has 4 rings (SSSR count). The first-order valence-corrected chi connectivity index (χ1v) is 7.21. The molecule has 0 unspecified atom stereocenters. The van der Waals surface area contributed by atoms with Crippen LogP contribution in [0.2, 0.25) is 0 Å². The Hall–Kier alpha value is -2.28. The summed E-state index contributed by atoms with van der Waals surface area (Å²) in [5, 5.41) is 6.19. The molecule has 0 bridgehead atoms. The van der Waals surface area contributed by atoms with E-state index in [2.05, 4.69) is 26.0 Å². The summed E-state index contributed by atoms with van der Waals surface area (Å²) in [5.74, 6) is 2.60. The predicted molar refractivity (Wildman–Crippen MR) is 82.0 cm³/mol. The zero-order chi connectivity index (χ0) is 14.4. The van der Waals surface area contributed by atoms with Crippen molar-refractivity contribution in [1.82, 2.24) is 14.8 Å². The number of aromatic nitrogens is 3. The van der Waals surface area contributed by atoms with Crippen LogP contribution in [-0.2, 0) is 0 Å². The van der Waals surface area contributed by atoms with Crippen molar-refractivity contribution >= 4 is 32.5 Å². The number of hydrogen-bond donors (Lipinski definition) is 1. The SMILES string of the molecule is Nc1nn(-c2nccc3cc4c(cc23)OCCO4)cc1Br. The van der Waals surface area contributed by atoms with Crippen molar-refractivity contribution in [2.75, 3.05) is 18.9 Å². The molecular weight excluding hydrogens is 336 g/mol. The van der Waals surface area contributed by atoms with E-state index in [1.54, 1.807) is 17.1 Å². The third-order valence-corrected chi connectivity index (χ3v) is 3.93. The van der Waals surface area contributed by atoms with E-state index in [1.807, 2.05) is 18.2 Å². The van der Waals surface area contributed by atoms with Crippen LogP contribution >= 0.6 is 15.9 Å². The maximum atomic E-state index is 5.78. The maximum absolute atomic E-state index is 5.78. The Morgan fingerprint density at radius 2 is 1.95 bits per heavy atom. The zero-order valence-electron chi connectivity index (χ0n) is 10.9. The molecule has 3 aromatic rings. The molecule has 0 saturated carbocycles. The van der Waals surface area contributed by atoms with E-state index >= 15 is 0 Å². The maximum Gasteiger partial charge on any atom is 0.162 e. The smallest absolute Gasteiger partial charge is 0.162 e. The Morgan fingerprint density at radius 3 is 2.67 bits per heavy atom. The number of ether oxygens (including phenoxy) is 2. The molecule has 1 aliphatic heterocycles. The van der Waals surface area contributed by atoms with Crippen LogP contribution in [0.15, 0.2) is 35.1 Å². The molecule has 0 amide bonds. The highest BCUT2D eigenvalue weighted by molar-refractivity contribution is 9.10. The van der Waals surface area contributed by atoms with Gasteiger partial charge in [0.25, 0.3) is 0 Å². The summed E-state index contributed by atoms with van der Waals surface area (Å²) in [4.78, 5) is 4.41. The minimum absolute atomic E-state index is 0.423. The highest BCUT2D eigenvalue weighted by atomic mass is 79.9. The first-order valence-electron chi connectivity index (χ1n) is 6.42. The Bertz CT molecular complexity index is 827. The number of nitrogen functional groups attached to an aromatic ring is 1. The van der Waals surface area contributed by atoms with E-state index in [1.165, 1.54) is 0 Å². The molecule has 0 fully saturated rings. The fourth-order valence-electron chi connectivity index (χ4n) is 2.35. The lowest BCUT2D eigenvalue weighted by molar-refractivity contribution is 0.172. The van der Waals surface area contributed by atoms with E-state index in [4.69, 9.17) is 15.2 Å². The molecule has 6 nitrogen and oxygen atoms in total. The monoisotopic (exact) mass is 346 g/mol. The summed E-state index contributed by atoms with van der Waals surface area (Å²) in [5.41, 5.74) is 5.78. The van der Waals surface area contributed by atoms with Crippen LogP contribution in [0.25, 0.3) is 16.6 Å². The molecule has 1 aliphatic rings. The minimum atomic E-state index is 0.423. The highest BCUT2D eigenvalue weighted by Crippen LogP contribution is 2.36. The van der Waals surface area contributed by atoms with Crippen molar-refractivity contribution in [3.05, 3.63) is 35.1 Å². The largest absolute Gasteiger partial charge is 0.486 e. The molecule has 1 aromatic carbocycles. The van der Waals surface area contributed by atoms with Gasteiger partial charge in [0.05, 0.1) is 4.47 Å². The zero-order valence-corrected chi connectivity index (χ0v) is 12.5. The van der Waals surface area contributed by atoms with Gasteiger partial charge in [-0.2, -0.15) is 0 Å². The molecule has 0 atom stereocenters. The molecule has 106 valence electrons. The van der Waals surface area contributed by atoms with Crippen molar-refractivity contribution in [3.8, 4) is 17.3 Å².